The van der Waals surface area contributed by atoms with Crippen LogP contribution in [0.4, 0.5) is 0 Å². The second kappa shape index (κ2) is 5.91. The number of amides is 1. The van der Waals surface area contributed by atoms with Crippen molar-refractivity contribution in [3.63, 3.8) is 0 Å². The van der Waals surface area contributed by atoms with E-state index in [1.807, 2.05) is 50.5 Å². The Morgan fingerprint density at radius 2 is 2.16 bits per heavy atom. The topological polar surface area (TPSA) is 69.1 Å². The van der Waals surface area contributed by atoms with Crippen molar-refractivity contribution in [1.29, 1.82) is 0 Å². The zero-order chi connectivity index (χ0) is 17.6. The highest BCUT2D eigenvalue weighted by atomic mass is 16.3. The van der Waals surface area contributed by atoms with Crippen LogP contribution in [-0.2, 0) is 13.6 Å². The number of carbonyl (C=O) groups is 1. The van der Waals surface area contributed by atoms with Gasteiger partial charge in [-0.2, -0.15) is 5.10 Å². The molecule has 0 spiro atoms. The van der Waals surface area contributed by atoms with Crippen molar-refractivity contribution < 1.29 is 9.21 Å². The first-order chi connectivity index (χ1) is 12.0. The molecule has 4 heterocycles. The maximum atomic E-state index is 13.3. The number of furan rings is 1. The van der Waals surface area contributed by atoms with E-state index in [9.17, 15) is 4.79 Å². The van der Waals surface area contributed by atoms with Gasteiger partial charge in [0.05, 0.1) is 11.8 Å². The Kier molecular flexibility index (Phi) is 3.71. The van der Waals surface area contributed by atoms with Crippen LogP contribution in [0.25, 0.3) is 0 Å². The first-order valence-electron chi connectivity index (χ1n) is 8.42. The molecule has 25 heavy (non-hydrogen) atoms. The highest BCUT2D eigenvalue weighted by molar-refractivity contribution is 5.95. The molecule has 0 radical (unpaired) electrons. The van der Waals surface area contributed by atoms with Gasteiger partial charge in [-0.05, 0) is 26.3 Å². The smallest absolute Gasteiger partial charge is 0.258 e. The van der Waals surface area contributed by atoms with Gasteiger partial charge in [-0.3, -0.25) is 9.48 Å². The highest BCUT2D eigenvalue weighted by Crippen LogP contribution is 2.32. The molecule has 130 valence electrons. The monoisotopic (exact) mass is 339 g/mol. The molecule has 1 amide bonds. The number of nitrogens with zero attached hydrogens (tertiary/aromatic N) is 5. The van der Waals surface area contributed by atoms with Crippen LogP contribution in [0.1, 0.15) is 45.7 Å². The molecule has 4 rings (SSSR count). The number of hydrogen-bond acceptors (Lipinski definition) is 4. The SMILES string of the molecule is Cc1cc(C(=O)N2CCCn3ccnc3C2c2cnn(C)c2)c(C)o1. The van der Waals surface area contributed by atoms with Crippen molar-refractivity contribution in [2.75, 3.05) is 6.54 Å². The van der Waals surface area contributed by atoms with Gasteiger partial charge in [0.2, 0.25) is 0 Å². The summed E-state index contributed by atoms with van der Waals surface area (Å²) >= 11 is 0. The lowest BCUT2D eigenvalue weighted by atomic mass is 10.1. The van der Waals surface area contributed by atoms with Gasteiger partial charge in [0.25, 0.3) is 5.91 Å². The van der Waals surface area contributed by atoms with Crippen LogP contribution in [0, 0.1) is 13.8 Å². The minimum absolute atomic E-state index is 0.0281. The van der Waals surface area contributed by atoms with Gasteiger partial charge in [-0.25, -0.2) is 4.98 Å². The fourth-order valence-corrected chi connectivity index (χ4v) is 3.56. The molecular weight excluding hydrogens is 318 g/mol. The third kappa shape index (κ3) is 2.65. The summed E-state index contributed by atoms with van der Waals surface area (Å²) < 4.78 is 9.45. The summed E-state index contributed by atoms with van der Waals surface area (Å²) in [5.41, 5.74) is 1.58. The molecule has 0 aliphatic carbocycles. The van der Waals surface area contributed by atoms with Gasteiger partial charge in [0.15, 0.2) is 0 Å². The largest absolute Gasteiger partial charge is 0.466 e. The second-order valence-corrected chi connectivity index (χ2v) is 6.51. The number of hydrogen-bond donors (Lipinski definition) is 0. The lowest BCUT2D eigenvalue weighted by Crippen LogP contribution is -2.36. The van der Waals surface area contributed by atoms with Crippen LogP contribution >= 0.6 is 0 Å². The van der Waals surface area contributed by atoms with Crippen molar-refractivity contribution in [3.05, 3.63) is 59.3 Å². The number of imidazole rings is 1. The summed E-state index contributed by atoms with van der Waals surface area (Å²) in [5, 5.41) is 4.29. The summed E-state index contributed by atoms with van der Waals surface area (Å²) in [7, 11) is 1.88. The van der Waals surface area contributed by atoms with Gasteiger partial charge in [-0.15, -0.1) is 0 Å². The van der Waals surface area contributed by atoms with Crippen LogP contribution in [-0.4, -0.2) is 36.7 Å². The van der Waals surface area contributed by atoms with E-state index < -0.39 is 0 Å². The Hall–Kier alpha value is -2.83. The molecule has 0 fully saturated rings. The van der Waals surface area contributed by atoms with E-state index >= 15 is 0 Å². The van der Waals surface area contributed by atoms with Crippen molar-refractivity contribution in [3.8, 4) is 0 Å². The molecule has 1 atom stereocenters. The molecule has 7 heteroatoms. The summed E-state index contributed by atoms with van der Waals surface area (Å²) in [6.45, 7) is 5.19. The average Bonchev–Trinajstić information content (AvgIpc) is 3.25. The van der Waals surface area contributed by atoms with Crippen LogP contribution in [0.2, 0.25) is 0 Å². The minimum Gasteiger partial charge on any atom is -0.466 e. The van der Waals surface area contributed by atoms with Crippen molar-refractivity contribution in [2.45, 2.75) is 32.9 Å². The summed E-state index contributed by atoms with van der Waals surface area (Å²) in [4.78, 5) is 19.7. The number of aromatic nitrogens is 4. The molecule has 0 aromatic carbocycles. The van der Waals surface area contributed by atoms with Crippen LogP contribution in [0.3, 0.4) is 0 Å². The Morgan fingerprint density at radius 3 is 2.84 bits per heavy atom. The molecule has 1 unspecified atom stereocenters. The zero-order valence-electron chi connectivity index (χ0n) is 14.6. The maximum absolute atomic E-state index is 13.3. The van der Waals surface area contributed by atoms with Gasteiger partial charge in [-0.1, -0.05) is 0 Å². The first kappa shape index (κ1) is 15.7. The lowest BCUT2D eigenvalue weighted by molar-refractivity contribution is 0.0705. The fraction of sp³-hybridized carbons (Fsp3) is 0.389. The van der Waals surface area contributed by atoms with Gasteiger partial charge >= 0.3 is 0 Å². The minimum atomic E-state index is -0.256. The molecule has 7 nitrogen and oxygen atoms in total. The lowest BCUT2D eigenvalue weighted by Gasteiger charge is -2.28. The molecule has 0 saturated carbocycles. The van der Waals surface area contributed by atoms with Crippen molar-refractivity contribution in [1.82, 2.24) is 24.2 Å². The molecule has 1 aliphatic rings. The number of carbonyl (C=O) groups excluding carboxylic acids is 1. The molecular formula is C18H21N5O2. The average molecular weight is 339 g/mol. The van der Waals surface area contributed by atoms with Gasteiger partial charge in [0.1, 0.15) is 23.4 Å². The van der Waals surface area contributed by atoms with E-state index in [0.29, 0.717) is 17.9 Å². The van der Waals surface area contributed by atoms with Crippen LogP contribution in [0.15, 0.2) is 35.3 Å². The standard InChI is InChI=1S/C18H21N5O2/c1-12-9-15(13(2)25-12)18(24)23-7-4-6-22-8-5-19-17(22)16(23)14-10-20-21(3)11-14/h5,8-11,16H,4,6-7H2,1-3H3. The van der Waals surface area contributed by atoms with Crippen LogP contribution < -0.4 is 0 Å². The predicted molar refractivity (Wildman–Crippen MR) is 91.1 cm³/mol. The Morgan fingerprint density at radius 1 is 1.32 bits per heavy atom. The van der Waals surface area contributed by atoms with E-state index in [-0.39, 0.29) is 11.9 Å². The fourth-order valence-electron chi connectivity index (χ4n) is 3.56. The van der Waals surface area contributed by atoms with Gasteiger partial charge in [0, 0.05) is 44.3 Å². The van der Waals surface area contributed by atoms with E-state index in [1.54, 1.807) is 10.9 Å². The second-order valence-electron chi connectivity index (χ2n) is 6.51. The third-order valence-corrected chi connectivity index (χ3v) is 4.67. The van der Waals surface area contributed by atoms with Gasteiger partial charge < -0.3 is 13.9 Å². The summed E-state index contributed by atoms with van der Waals surface area (Å²) in [6.07, 6.45) is 8.40. The molecule has 0 N–H and O–H groups in total. The molecule has 3 aromatic rings. The summed E-state index contributed by atoms with van der Waals surface area (Å²) in [5.74, 6) is 2.24. The predicted octanol–water partition coefficient (Wildman–Crippen LogP) is 2.46. The number of fused-ring (bicyclic) bond motifs is 1. The normalized spacial score (nSPS) is 17.4. The zero-order valence-corrected chi connectivity index (χ0v) is 14.6. The highest BCUT2D eigenvalue weighted by Gasteiger charge is 2.34. The molecule has 1 aliphatic heterocycles. The first-order valence-corrected chi connectivity index (χ1v) is 8.42. The quantitative estimate of drug-likeness (QED) is 0.719. The third-order valence-electron chi connectivity index (χ3n) is 4.67. The summed E-state index contributed by atoms with van der Waals surface area (Å²) in [6, 6.07) is 1.56. The Bertz CT molecular complexity index is 920. The van der Waals surface area contributed by atoms with E-state index in [1.165, 1.54) is 0 Å². The Labute approximate surface area is 145 Å². The van der Waals surface area contributed by atoms with Crippen molar-refractivity contribution >= 4 is 5.91 Å². The van der Waals surface area contributed by atoms with E-state index in [2.05, 4.69) is 14.6 Å². The number of aryl methyl sites for hydroxylation is 4. The van der Waals surface area contributed by atoms with E-state index in [4.69, 9.17) is 4.42 Å². The van der Waals surface area contributed by atoms with Crippen LogP contribution in [0.5, 0.6) is 0 Å². The maximum Gasteiger partial charge on any atom is 0.258 e. The number of rotatable bonds is 2. The van der Waals surface area contributed by atoms with Crippen molar-refractivity contribution in [2.24, 2.45) is 7.05 Å². The van der Waals surface area contributed by atoms with E-state index in [0.717, 1.165) is 30.1 Å². The molecule has 0 saturated heterocycles. The molecule has 3 aromatic heterocycles. The Balaban J connectivity index is 1.81. The molecule has 0 bridgehead atoms.